The van der Waals surface area contributed by atoms with Gasteiger partial charge in [0.15, 0.2) is 0 Å². The second-order valence-corrected chi connectivity index (χ2v) is 6.48. The van der Waals surface area contributed by atoms with E-state index in [-0.39, 0.29) is 11.9 Å². The molecule has 1 unspecified atom stereocenters. The van der Waals surface area contributed by atoms with Gasteiger partial charge in [0.05, 0.1) is 31.8 Å². The monoisotopic (exact) mass is 335 g/mol. The minimum absolute atomic E-state index is 0.0103. The fraction of sp³-hybridized carbons (Fsp3) is 0.632. The number of aliphatic hydroxyl groups is 1. The van der Waals surface area contributed by atoms with Gasteiger partial charge in [-0.2, -0.15) is 0 Å². The van der Waals surface area contributed by atoms with Gasteiger partial charge in [-0.3, -0.25) is 4.79 Å². The predicted octanol–water partition coefficient (Wildman–Crippen LogP) is 2.15. The van der Waals surface area contributed by atoms with Crippen molar-refractivity contribution < 1.29 is 19.4 Å². The second kappa shape index (κ2) is 9.77. The highest BCUT2D eigenvalue weighted by molar-refractivity contribution is 5.72. The van der Waals surface area contributed by atoms with Crippen molar-refractivity contribution in [1.29, 1.82) is 0 Å². The molecule has 0 radical (unpaired) electrons. The number of hydrogen-bond acceptors (Lipinski definition) is 5. The number of rotatable bonds is 8. The molecular formula is C19H29NO4. The second-order valence-electron chi connectivity index (χ2n) is 6.48. The first-order chi connectivity index (χ1) is 11.6. The Morgan fingerprint density at radius 1 is 1.29 bits per heavy atom. The summed E-state index contributed by atoms with van der Waals surface area (Å²) < 4.78 is 10.7. The molecule has 5 heteroatoms. The number of β-amino-alcohol motifs (C(OH)–C–C–N with tert-alkyl or cyclic N) is 1. The minimum atomic E-state index is -0.505. The maximum atomic E-state index is 11.7. The molecule has 0 saturated carbocycles. The van der Waals surface area contributed by atoms with Crippen LogP contribution in [0.15, 0.2) is 24.3 Å². The first-order valence-corrected chi connectivity index (χ1v) is 8.78. The fourth-order valence-corrected chi connectivity index (χ4v) is 2.96. The fourth-order valence-electron chi connectivity index (χ4n) is 2.96. The third-order valence-corrected chi connectivity index (χ3v) is 4.38. The molecular weight excluding hydrogens is 306 g/mol. The molecule has 134 valence electrons. The molecule has 0 amide bonds. The Hall–Kier alpha value is -1.43. The Morgan fingerprint density at radius 3 is 2.58 bits per heavy atom. The number of hydrogen-bond donors (Lipinski definition) is 1. The van der Waals surface area contributed by atoms with Crippen LogP contribution in [-0.4, -0.2) is 54.9 Å². The molecule has 1 N–H and O–H groups in total. The van der Waals surface area contributed by atoms with Crippen molar-refractivity contribution in [1.82, 2.24) is 4.90 Å². The number of aliphatic hydroxyl groups excluding tert-OH is 1. The van der Waals surface area contributed by atoms with Crippen LogP contribution in [0.25, 0.3) is 0 Å². The van der Waals surface area contributed by atoms with Gasteiger partial charge in [-0.1, -0.05) is 29.8 Å². The van der Waals surface area contributed by atoms with E-state index < -0.39 is 6.10 Å². The summed E-state index contributed by atoms with van der Waals surface area (Å²) in [5.74, 6) is -0.0738. The van der Waals surface area contributed by atoms with E-state index >= 15 is 0 Å². The van der Waals surface area contributed by atoms with Gasteiger partial charge in [0.1, 0.15) is 0 Å². The maximum Gasteiger partial charge on any atom is 0.309 e. The molecule has 1 aliphatic rings. The van der Waals surface area contributed by atoms with Crippen LogP contribution in [0.1, 0.15) is 30.9 Å². The van der Waals surface area contributed by atoms with Gasteiger partial charge < -0.3 is 19.5 Å². The Kier molecular flexibility index (Phi) is 7.69. The third-order valence-electron chi connectivity index (χ3n) is 4.38. The summed E-state index contributed by atoms with van der Waals surface area (Å²) in [6, 6.07) is 8.20. The van der Waals surface area contributed by atoms with Crippen LogP contribution < -0.4 is 0 Å². The standard InChI is InChI=1S/C19H29NO4/c1-3-24-19(22)17-8-10-20(11-9-17)12-18(21)14-23-13-16-6-4-15(2)5-7-16/h4-7,17-18,21H,3,8-14H2,1-2H3. The molecule has 1 saturated heterocycles. The van der Waals surface area contributed by atoms with E-state index in [0.29, 0.717) is 26.4 Å². The number of benzene rings is 1. The largest absolute Gasteiger partial charge is 0.466 e. The van der Waals surface area contributed by atoms with Gasteiger partial charge in [0.2, 0.25) is 0 Å². The Labute approximate surface area is 144 Å². The number of piperidine rings is 1. The molecule has 1 aliphatic heterocycles. The molecule has 2 rings (SSSR count). The number of aryl methyl sites for hydroxylation is 1. The van der Waals surface area contributed by atoms with Crippen molar-refractivity contribution in [3.63, 3.8) is 0 Å². The highest BCUT2D eigenvalue weighted by Gasteiger charge is 2.26. The Bertz CT molecular complexity index is 495. The van der Waals surface area contributed by atoms with Crippen LogP contribution >= 0.6 is 0 Å². The van der Waals surface area contributed by atoms with Crippen LogP contribution in [0, 0.1) is 12.8 Å². The first-order valence-electron chi connectivity index (χ1n) is 8.78. The smallest absolute Gasteiger partial charge is 0.309 e. The van der Waals surface area contributed by atoms with Gasteiger partial charge >= 0.3 is 5.97 Å². The van der Waals surface area contributed by atoms with E-state index in [9.17, 15) is 9.90 Å². The summed E-state index contributed by atoms with van der Waals surface area (Å²) in [5.41, 5.74) is 2.34. The van der Waals surface area contributed by atoms with Gasteiger partial charge in [0.25, 0.3) is 0 Å². The predicted molar refractivity (Wildman–Crippen MR) is 92.6 cm³/mol. The molecule has 1 heterocycles. The third kappa shape index (κ3) is 6.23. The molecule has 5 nitrogen and oxygen atoms in total. The van der Waals surface area contributed by atoms with Crippen molar-refractivity contribution in [2.45, 2.75) is 39.4 Å². The van der Waals surface area contributed by atoms with Crippen molar-refractivity contribution >= 4 is 5.97 Å². The molecule has 24 heavy (non-hydrogen) atoms. The van der Waals surface area contributed by atoms with Crippen molar-refractivity contribution in [3.05, 3.63) is 35.4 Å². The lowest BCUT2D eigenvalue weighted by molar-refractivity contribution is -0.149. The average Bonchev–Trinajstić information content (AvgIpc) is 2.57. The number of carbonyl (C=O) groups excluding carboxylic acids is 1. The minimum Gasteiger partial charge on any atom is -0.466 e. The summed E-state index contributed by atoms with van der Waals surface area (Å²) in [4.78, 5) is 13.9. The van der Waals surface area contributed by atoms with Gasteiger partial charge in [-0.15, -0.1) is 0 Å². The molecule has 0 aliphatic carbocycles. The normalized spacial score (nSPS) is 17.6. The SMILES string of the molecule is CCOC(=O)C1CCN(CC(O)COCc2ccc(C)cc2)CC1. The summed E-state index contributed by atoms with van der Waals surface area (Å²) in [7, 11) is 0. The van der Waals surface area contributed by atoms with E-state index in [1.54, 1.807) is 0 Å². The van der Waals surface area contributed by atoms with E-state index in [1.807, 2.05) is 19.1 Å². The zero-order chi connectivity index (χ0) is 17.4. The lowest BCUT2D eigenvalue weighted by atomic mass is 9.97. The van der Waals surface area contributed by atoms with E-state index in [4.69, 9.17) is 9.47 Å². The zero-order valence-electron chi connectivity index (χ0n) is 14.7. The number of nitrogens with zero attached hydrogens (tertiary/aromatic N) is 1. The Morgan fingerprint density at radius 2 is 1.96 bits per heavy atom. The highest BCUT2D eigenvalue weighted by Crippen LogP contribution is 2.18. The van der Waals surface area contributed by atoms with Gasteiger partial charge in [-0.25, -0.2) is 0 Å². The highest BCUT2D eigenvalue weighted by atomic mass is 16.5. The summed E-state index contributed by atoms with van der Waals surface area (Å²) in [6.07, 6.45) is 1.10. The van der Waals surface area contributed by atoms with Crippen LogP contribution in [0.5, 0.6) is 0 Å². The van der Waals surface area contributed by atoms with Crippen LogP contribution in [0.4, 0.5) is 0 Å². The first kappa shape index (κ1) is 18.9. The van der Waals surface area contributed by atoms with Crippen molar-refractivity contribution in [2.24, 2.45) is 5.92 Å². The van der Waals surface area contributed by atoms with Crippen LogP contribution in [-0.2, 0) is 20.9 Å². The maximum absolute atomic E-state index is 11.7. The molecule has 1 aromatic carbocycles. The molecule has 0 bridgehead atoms. The average molecular weight is 335 g/mol. The molecule has 1 atom stereocenters. The number of esters is 1. The van der Waals surface area contributed by atoms with E-state index in [2.05, 4.69) is 24.0 Å². The lowest BCUT2D eigenvalue weighted by Crippen LogP contribution is -2.41. The molecule has 0 aromatic heterocycles. The van der Waals surface area contributed by atoms with Crippen molar-refractivity contribution in [3.8, 4) is 0 Å². The lowest BCUT2D eigenvalue weighted by Gasteiger charge is -2.32. The number of likely N-dealkylation sites (tertiary alicyclic amines) is 1. The molecule has 1 aromatic rings. The Balaban J connectivity index is 1.62. The summed E-state index contributed by atoms with van der Waals surface area (Å²) in [6.45, 7) is 7.39. The number of carbonyl (C=O) groups is 1. The summed E-state index contributed by atoms with van der Waals surface area (Å²) >= 11 is 0. The van der Waals surface area contributed by atoms with Gasteiger partial charge in [0, 0.05) is 6.54 Å². The quantitative estimate of drug-likeness (QED) is 0.738. The van der Waals surface area contributed by atoms with Crippen LogP contribution in [0.2, 0.25) is 0 Å². The van der Waals surface area contributed by atoms with Gasteiger partial charge in [-0.05, 0) is 45.3 Å². The topological polar surface area (TPSA) is 59.0 Å². The molecule has 0 spiro atoms. The number of ether oxygens (including phenoxy) is 2. The molecule has 1 fully saturated rings. The van der Waals surface area contributed by atoms with E-state index in [1.165, 1.54) is 5.56 Å². The zero-order valence-corrected chi connectivity index (χ0v) is 14.7. The van der Waals surface area contributed by atoms with Crippen molar-refractivity contribution in [2.75, 3.05) is 32.8 Å². The van der Waals surface area contributed by atoms with E-state index in [0.717, 1.165) is 31.5 Å². The van der Waals surface area contributed by atoms with Crippen LogP contribution in [0.3, 0.4) is 0 Å². The summed E-state index contributed by atoms with van der Waals surface area (Å²) in [5, 5.41) is 10.1.